The van der Waals surface area contributed by atoms with Crippen molar-refractivity contribution in [2.75, 3.05) is 19.6 Å². The number of hydrogen-bond acceptors (Lipinski definition) is 2. The molecule has 1 atom stereocenters. The van der Waals surface area contributed by atoms with Crippen LogP contribution < -0.4 is 0 Å². The van der Waals surface area contributed by atoms with Gasteiger partial charge in [0.25, 0.3) is 0 Å². The molecular formula is C12H27NO. The molecule has 0 saturated heterocycles. The van der Waals surface area contributed by atoms with E-state index in [4.69, 9.17) is 5.11 Å². The van der Waals surface area contributed by atoms with E-state index in [9.17, 15) is 0 Å². The highest BCUT2D eigenvalue weighted by Gasteiger charge is 2.01. The summed E-state index contributed by atoms with van der Waals surface area (Å²) in [5.41, 5.74) is 0. The van der Waals surface area contributed by atoms with Crippen LogP contribution in [0.5, 0.6) is 0 Å². The molecule has 0 aliphatic rings. The molecule has 0 heterocycles. The first-order chi connectivity index (χ1) is 6.70. The van der Waals surface area contributed by atoms with Crippen LogP contribution >= 0.6 is 0 Å². The molecule has 0 amide bonds. The summed E-state index contributed by atoms with van der Waals surface area (Å²) < 4.78 is 0. The highest BCUT2D eigenvalue weighted by atomic mass is 16.3. The van der Waals surface area contributed by atoms with Gasteiger partial charge in [0.05, 0.1) is 6.10 Å². The number of aliphatic hydroxyl groups excluding tert-OH is 1. The molecule has 1 N–H and O–H groups in total. The first-order valence-corrected chi connectivity index (χ1v) is 6.11. The number of unbranched alkanes of at least 4 members (excludes halogenated alkanes) is 2. The minimum atomic E-state index is -0.124. The number of rotatable bonds is 9. The van der Waals surface area contributed by atoms with Gasteiger partial charge in [0.2, 0.25) is 0 Å². The lowest BCUT2D eigenvalue weighted by atomic mass is 10.1. The van der Waals surface area contributed by atoms with E-state index in [0.29, 0.717) is 0 Å². The highest BCUT2D eigenvalue weighted by Crippen LogP contribution is 2.03. The molecule has 2 heteroatoms. The highest BCUT2D eigenvalue weighted by molar-refractivity contribution is 4.56. The average Bonchev–Trinajstić information content (AvgIpc) is 2.16. The van der Waals surface area contributed by atoms with Crippen LogP contribution in [0.25, 0.3) is 0 Å². The average molecular weight is 201 g/mol. The minimum absolute atomic E-state index is 0.124. The fraction of sp³-hybridized carbons (Fsp3) is 1.00. The Morgan fingerprint density at radius 2 is 1.71 bits per heavy atom. The monoisotopic (exact) mass is 201 g/mol. The van der Waals surface area contributed by atoms with Crippen molar-refractivity contribution in [3.05, 3.63) is 0 Å². The molecule has 1 unspecified atom stereocenters. The van der Waals surface area contributed by atoms with Crippen LogP contribution in [-0.4, -0.2) is 35.7 Å². The molecule has 86 valence electrons. The summed E-state index contributed by atoms with van der Waals surface area (Å²) in [6.45, 7) is 9.93. The van der Waals surface area contributed by atoms with Gasteiger partial charge in [0.1, 0.15) is 0 Å². The van der Waals surface area contributed by atoms with Crippen LogP contribution in [0.4, 0.5) is 0 Å². The van der Waals surface area contributed by atoms with Gasteiger partial charge >= 0.3 is 0 Å². The van der Waals surface area contributed by atoms with Gasteiger partial charge in [-0.25, -0.2) is 0 Å². The summed E-state index contributed by atoms with van der Waals surface area (Å²) >= 11 is 0. The summed E-state index contributed by atoms with van der Waals surface area (Å²) in [6.07, 6.45) is 5.79. The molecular weight excluding hydrogens is 174 g/mol. The van der Waals surface area contributed by atoms with Crippen molar-refractivity contribution in [1.82, 2.24) is 4.90 Å². The van der Waals surface area contributed by atoms with E-state index in [1.165, 1.54) is 32.4 Å². The van der Waals surface area contributed by atoms with E-state index in [0.717, 1.165) is 19.4 Å². The van der Waals surface area contributed by atoms with Gasteiger partial charge in [-0.05, 0) is 52.2 Å². The van der Waals surface area contributed by atoms with Crippen LogP contribution in [0.3, 0.4) is 0 Å². The van der Waals surface area contributed by atoms with Gasteiger partial charge in [0, 0.05) is 0 Å². The summed E-state index contributed by atoms with van der Waals surface area (Å²) in [4.78, 5) is 2.51. The maximum Gasteiger partial charge on any atom is 0.0512 e. The van der Waals surface area contributed by atoms with Gasteiger partial charge in [-0.3, -0.25) is 0 Å². The molecule has 0 radical (unpaired) electrons. The third-order valence-electron chi connectivity index (χ3n) is 2.62. The second-order valence-electron chi connectivity index (χ2n) is 4.13. The summed E-state index contributed by atoms with van der Waals surface area (Å²) in [5.74, 6) is 0. The standard InChI is InChI=1S/C12H27NO/c1-4-6-10-13(5-2)11-8-7-9-12(3)14/h12,14H,4-11H2,1-3H3. The number of hydrogen-bond donors (Lipinski definition) is 1. The van der Waals surface area contributed by atoms with Crippen molar-refractivity contribution in [2.24, 2.45) is 0 Å². The molecule has 0 aromatic heterocycles. The number of aliphatic hydroxyl groups is 1. The molecule has 0 rings (SSSR count). The molecule has 2 nitrogen and oxygen atoms in total. The first-order valence-electron chi connectivity index (χ1n) is 6.11. The van der Waals surface area contributed by atoms with Crippen molar-refractivity contribution in [2.45, 2.75) is 59.0 Å². The third-order valence-corrected chi connectivity index (χ3v) is 2.62. The first kappa shape index (κ1) is 13.9. The lowest BCUT2D eigenvalue weighted by Gasteiger charge is -2.19. The second kappa shape index (κ2) is 9.47. The Bertz CT molecular complexity index is 115. The zero-order chi connectivity index (χ0) is 10.8. The maximum absolute atomic E-state index is 9.10. The smallest absolute Gasteiger partial charge is 0.0512 e. The van der Waals surface area contributed by atoms with Crippen molar-refractivity contribution in [3.8, 4) is 0 Å². The molecule has 0 fully saturated rings. The Morgan fingerprint density at radius 1 is 1.07 bits per heavy atom. The SMILES string of the molecule is CCCCN(CC)CCCCC(C)O. The Kier molecular flexibility index (Phi) is 9.42. The van der Waals surface area contributed by atoms with Crippen molar-refractivity contribution in [3.63, 3.8) is 0 Å². The van der Waals surface area contributed by atoms with Crippen LogP contribution in [0.1, 0.15) is 52.9 Å². The van der Waals surface area contributed by atoms with E-state index >= 15 is 0 Å². The third kappa shape index (κ3) is 8.52. The molecule has 0 aromatic rings. The second-order valence-corrected chi connectivity index (χ2v) is 4.13. The fourth-order valence-electron chi connectivity index (χ4n) is 1.58. The fourth-order valence-corrected chi connectivity index (χ4v) is 1.58. The zero-order valence-electron chi connectivity index (χ0n) is 10.1. The summed E-state index contributed by atoms with van der Waals surface area (Å²) in [7, 11) is 0. The van der Waals surface area contributed by atoms with E-state index in [1.807, 2.05) is 6.92 Å². The molecule has 0 bridgehead atoms. The van der Waals surface area contributed by atoms with Gasteiger partial charge in [-0.15, -0.1) is 0 Å². The zero-order valence-corrected chi connectivity index (χ0v) is 10.1. The van der Waals surface area contributed by atoms with Gasteiger partial charge < -0.3 is 10.0 Å². The Hall–Kier alpha value is -0.0800. The quantitative estimate of drug-likeness (QED) is 0.580. The molecule has 0 aliphatic heterocycles. The lowest BCUT2D eigenvalue weighted by Crippen LogP contribution is -2.25. The summed E-state index contributed by atoms with van der Waals surface area (Å²) in [6, 6.07) is 0. The molecule has 0 saturated carbocycles. The Labute approximate surface area is 89.3 Å². The Morgan fingerprint density at radius 3 is 2.21 bits per heavy atom. The van der Waals surface area contributed by atoms with Crippen LogP contribution in [0.15, 0.2) is 0 Å². The van der Waals surface area contributed by atoms with Crippen molar-refractivity contribution < 1.29 is 5.11 Å². The largest absolute Gasteiger partial charge is 0.393 e. The van der Waals surface area contributed by atoms with E-state index in [-0.39, 0.29) is 6.10 Å². The molecule has 0 aromatic carbocycles. The Balaban J connectivity index is 3.33. The normalized spacial score (nSPS) is 13.5. The molecule has 0 aliphatic carbocycles. The lowest BCUT2D eigenvalue weighted by molar-refractivity contribution is 0.177. The number of nitrogens with zero attached hydrogens (tertiary/aromatic N) is 1. The van der Waals surface area contributed by atoms with Gasteiger partial charge in [0.15, 0.2) is 0 Å². The van der Waals surface area contributed by atoms with Crippen LogP contribution in [0, 0.1) is 0 Å². The van der Waals surface area contributed by atoms with Crippen molar-refractivity contribution in [1.29, 1.82) is 0 Å². The molecule has 0 spiro atoms. The van der Waals surface area contributed by atoms with Crippen LogP contribution in [-0.2, 0) is 0 Å². The topological polar surface area (TPSA) is 23.5 Å². The van der Waals surface area contributed by atoms with E-state index in [2.05, 4.69) is 18.7 Å². The van der Waals surface area contributed by atoms with E-state index in [1.54, 1.807) is 0 Å². The van der Waals surface area contributed by atoms with Gasteiger partial charge in [-0.1, -0.05) is 20.3 Å². The summed E-state index contributed by atoms with van der Waals surface area (Å²) in [5, 5.41) is 9.10. The molecule has 14 heavy (non-hydrogen) atoms. The van der Waals surface area contributed by atoms with Crippen molar-refractivity contribution >= 4 is 0 Å². The maximum atomic E-state index is 9.10. The predicted molar refractivity (Wildman–Crippen MR) is 62.6 cm³/mol. The van der Waals surface area contributed by atoms with E-state index < -0.39 is 0 Å². The van der Waals surface area contributed by atoms with Crippen LogP contribution in [0.2, 0.25) is 0 Å². The minimum Gasteiger partial charge on any atom is -0.393 e. The van der Waals surface area contributed by atoms with Gasteiger partial charge in [-0.2, -0.15) is 0 Å². The predicted octanol–water partition coefficient (Wildman–Crippen LogP) is 2.66.